The molecule has 2 heterocycles. The van der Waals surface area contributed by atoms with E-state index in [1.54, 1.807) is 36.4 Å². The zero-order valence-electron chi connectivity index (χ0n) is 18.1. The summed E-state index contributed by atoms with van der Waals surface area (Å²) in [7, 11) is 1.71. The normalized spacial score (nSPS) is 29.5. The van der Waals surface area contributed by atoms with Gasteiger partial charge in [0.05, 0.1) is 5.41 Å². The van der Waals surface area contributed by atoms with E-state index in [4.69, 9.17) is 0 Å². The molecule has 6 rings (SSSR count). The Kier molecular flexibility index (Phi) is 4.24. The first-order chi connectivity index (χ1) is 16.1. The van der Waals surface area contributed by atoms with Crippen LogP contribution in [0.2, 0.25) is 0 Å². The fourth-order valence-electron chi connectivity index (χ4n) is 6.48. The number of benzene rings is 2. The number of carbonyl (C=O) groups is 3. The molecule has 0 N–H and O–H groups in total. The number of rotatable bonds is 3. The zero-order chi connectivity index (χ0) is 22.7. The number of hydrogen-bond acceptors (Lipinski definition) is 4. The van der Waals surface area contributed by atoms with Gasteiger partial charge in [-0.05, 0) is 23.6 Å². The van der Waals surface area contributed by atoms with E-state index in [2.05, 4.69) is 4.98 Å². The number of Topliss-reactive ketones (excluding diaryl/α,β-unsaturated/α-hetero) is 1. The quantitative estimate of drug-likeness (QED) is 0.585. The van der Waals surface area contributed by atoms with Crippen LogP contribution in [0.5, 0.6) is 0 Å². The van der Waals surface area contributed by atoms with Crippen LogP contribution in [-0.2, 0) is 15.0 Å². The molecule has 2 aliphatic carbocycles. The lowest BCUT2D eigenvalue weighted by atomic mass is 9.62. The number of aromatic nitrogens is 1. The first-order valence-corrected chi connectivity index (χ1v) is 11.2. The first kappa shape index (κ1) is 19.8. The lowest BCUT2D eigenvalue weighted by Crippen LogP contribution is -2.49. The molecular weight excluding hydrogens is 412 g/mol. The van der Waals surface area contributed by atoms with Crippen molar-refractivity contribution in [1.82, 2.24) is 4.98 Å². The molecule has 1 aromatic heterocycles. The predicted octanol–water partition coefficient (Wildman–Crippen LogP) is 3.96. The van der Waals surface area contributed by atoms with Crippen LogP contribution in [0.3, 0.4) is 0 Å². The molecule has 162 valence electrons. The Morgan fingerprint density at radius 1 is 0.939 bits per heavy atom. The van der Waals surface area contributed by atoms with Crippen molar-refractivity contribution in [3.8, 4) is 0 Å². The summed E-state index contributed by atoms with van der Waals surface area (Å²) in [5.74, 6) is -1.76. The van der Waals surface area contributed by atoms with Crippen LogP contribution in [0.4, 0.5) is 5.82 Å². The van der Waals surface area contributed by atoms with Crippen LogP contribution in [0.25, 0.3) is 0 Å². The number of pyridine rings is 1. The van der Waals surface area contributed by atoms with Crippen molar-refractivity contribution in [3.63, 3.8) is 0 Å². The molecule has 3 aromatic rings. The second-order valence-electron chi connectivity index (χ2n) is 9.07. The smallest absolute Gasteiger partial charge is 0.240 e. The summed E-state index contributed by atoms with van der Waals surface area (Å²) < 4.78 is 0. The van der Waals surface area contributed by atoms with Gasteiger partial charge in [-0.2, -0.15) is 0 Å². The van der Waals surface area contributed by atoms with Gasteiger partial charge in [0.15, 0.2) is 11.6 Å². The van der Waals surface area contributed by atoms with Gasteiger partial charge in [0.2, 0.25) is 5.91 Å². The highest BCUT2D eigenvalue weighted by atomic mass is 16.2. The van der Waals surface area contributed by atoms with Gasteiger partial charge in [0, 0.05) is 42.1 Å². The largest absolute Gasteiger partial charge is 0.299 e. The summed E-state index contributed by atoms with van der Waals surface area (Å²) in [6.45, 7) is 0. The molecule has 5 heteroatoms. The average molecular weight is 434 g/mol. The maximum absolute atomic E-state index is 14.3. The molecule has 1 aliphatic heterocycles. The van der Waals surface area contributed by atoms with Crippen LogP contribution in [-0.4, -0.2) is 29.5 Å². The number of anilines is 1. The molecule has 3 aliphatic rings. The molecule has 2 aromatic carbocycles. The minimum absolute atomic E-state index is 0.0237. The van der Waals surface area contributed by atoms with E-state index in [1.165, 1.54) is 0 Å². The molecule has 1 fully saturated rings. The van der Waals surface area contributed by atoms with Crippen LogP contribution in [0.15, 0.2) is 91.1 Å². The lowest BCUT2D eigenvalue weighted by molar-refractivity contribution is -0.124. The molecule has 33 heavy (non-hydrogen) atoms. The molecule has 0 radical (unpaired) electrons. The molecule has 0 saturated heterocycles. The van der Waals surface area contributed by atoms with Crippen molar-refractivity contribution in [2.75, 3.05) is 11.9 Å². The Bertz CT molecular complexity index is 1320. The third kappa shape index (κ3) is 2.48. The summed E-state index contributed by atoms with van der Waals surface area (Å²) in [5.41, 5.74) is 0.972. The Balaban J connectivity index is 1.68. The lowest BCUT2D eigenvalue weighted by Gasteiger charge is -2.36. The number of likely N-dealkylation sites (N-methyl/N-ethyl adjacent to an activating group) is 1. The minimum atomic E-state index is -1.21. The van der Waals surface area contributed by atoms with Crippen LogP contribution < -0.4 is 4.90 Å². The van der Waals surface area contributed by atoms with E-state index in [1.807, 2.05) is 66.7 Å². The summed E-state index contributed by atoms with van der Waals surface area (Å²) >= 11 is 0. The second-order valence-corrected chi connectivity index (χ2v) is 9.07. The number of fused-ring (bicyclic) bond motifs is 3. The fourth-order valence-corrected chi connectivity index (χ4v) is 6.48. The van der Waals surface area contributed by atoms with Crippen molar-refractivity contribution in [3.05, 3.63) is 108 Å². The molecule has 1 spiro atoms. The van der Waals surface area contributed by atoms with Crippen molar-refractivity contribution in [1.29, 1.82) is 0 Å². The summed E-state index contributed by atoms with van der Waals surface area (Å²) in [6.07, 6.45) is 5.11. The standard InChI is InChI=1S/C28H22N2O3/c1-30-26-20(13-8-16-29-26)28(27(30)33)23(17-9-4-2-5-10-17)22-19(14-15-21(22)31)24(28)25(32)18-11-6-3-7-12-18/h2-16,19,22-24H,1H3/t19-,22-,23-,24-,28+/m1/s1. The Hall–Kier alpha value is -3.86. The highest BCUT2D eigenvalue weighted by Gasteiger charge is 2.72. The van der Waals surface area contributed by atoms with E-state index in [-0.39, 0.29) is 23.4 Å². The van der Waals surface area contributed by atoms with Crippen LogP contribution in [0.1, 0.15) is 27.4 Å². The topological polar surface area (TPSA) is 67.3 Å². The molecule has 1 amide bonds. The van der Waals surface area contributed by atoms with Gasteiger partial charge in [0.25, 0.3) is 0 Å². The number of ketones is 2. The molecule has 5 nitrogen and oxygen atoms in total. The van der Waals surface area contributed by atoms with Gasteiger partial charge in [-0.1, -0.05) is 72.8 Å². The van der Waals surface area contributed by atoms with Crippen molar-refractivity contribution in [2.24, 2.45) is 17.8 Å². The summed E-state index contributed by atoms with van der Waals surface area (Å²) in [5, 5.41) is 0. The highest BCUT2D eigenvalue weighted by molar-refractivity contribution is 6.15. The van der Waals surface area contributed by atoms with Gasteiger partial charge in [-0.3, -0.25) is 19.3 Å². The average Bonchev–Trinajstić information content (AvgIpc) is 3.45. The van der Waals surface area contributed by atoms with Gasteiger partial charge in [-0.15, -0.1) is 0 Å². The number of allylic oxidation sites excluding steroid dienone is 2. The monoisotopic (exact) mass is 434 g/mol. The van der Waals surface area contributed by atoms with Gasteiger partial charge in [0.1, 0.15) is 5.82 Å². The Labute approximate surface area is 191 Å². The van der Waals surface area contributed by atoms with E-state index in [9.17, 15) is 14.4 Å². The molecule has 0 unspecified atom stereocenters. The van der Waals surface area contributed by atoms with Crippen molar-refractivity contribution < 1.29 is 14.4 Å². The van der Waals surface area contributed by atoms with Gasteiger partial charge < -0.3 is 0 Å². The third-order valence-electron chi connectivity index (χ3n) is 7.66. The summed E-state index contributed by atoms with van der Waals surface area (Å²) in [4.78, 5) is 47.7. The van der Waals surface area contributed by atoms with Crippen molar-refractivity contribution in [2.45, 2.75) is 11.3 Å². The third-order valence-corrected chi connectivity index (χ3v) is 7.66. The molecule has 0 bridgehead atoms. The number of carbonyl (C=O) groups excluding carboxylic acids is 3. The minimum Gasteiger partial charge on any atom is -0.299 e. The Morgan fingerprint density at radius 2 is 1.64 bits per heavy atom. The molecular formula is C28H22N2O3. The fraction of sp³-hybridized carbons (Fsp3) is 0.214. The zero-order valence-corrected chi connectivity index (χ0v) is 18.1. The second kappa shape index (κ2) is 7.07. The first-order valence-electron chi connectivity index (χ1n) is 11.2. The van der Waals surface area contributed by atoms with Gasteiger partial charge in [-0.25, -0.2) is 4.98 Å². The van der Waals surface area contributed by atoms with Crippen molar-refractivity contribution >= 4 is 23.3 Å². The predicted molar refractivity (Wildman–Crippen MR) is 124 cm³/mol. The highest BCUT2D eigenvalue weighted by Crippen LogP contribution is 2.66. The molecule has 5 atom stereocenters. The maximum atomic E-state index is 14.3. The number of amides is 1. The SMILES string of the molecule is CN1C(=O)[C@@]2(c3cccnc31)[C@H](c1ccccc1)[C@H]1C(=O)C=C[C@H]1[C@@H]2C(=O)c1ccccc1. The maximum Gasteiger partial charge on any atom is 0.240 e. The summed E-state index contributed by atoms with van der Waals surface area (Å²) in [6, 6.07) is 22.5. The number of hydrogen-bond donors (Lipinski definition) is 0. The van der Waals surface area contributed by atoms with Crippen LogP contribution >= 0.6 is 0 Å². The Morgan fingerprint density at radius 3 is 2.36 bits per heavy atom. The van der Waals surface area contributed by atoms with E-state index < -0.39 is 23.2 Å². The van der Waals surface area contributed by atoms with E-state index in [0.29, 0.717) is 11.4 Å². The number of nitrogens with zero attached hydrogens (tertiary/aromatic N) is 2. The van der Waals surface area contributed by atoms with Crippen LogP contribution in [0, 0.1) is 17.8 Å². The van der Waals surface area contributed by atoms with E-state index >= 15 is 0 Å². The van der Waals surface area contributed by atoms with E-state index in [0.717, 1.165) is 11.1 Å². The van der Waals surface area contributed by atoms with Gasteiger partial charge >= 0.3 is 0 Å². The molecule has 1 saturated carbocycles.